The summed E-state index contributed by atoms with van der Waals surface area (Å²) in [4.78, 5) is 22.5. The third-order valence-electron chi connectivity index (χ3n) is 6.91. The van der Waals surface area contributed by atoms with Crippen molar-refractivity contribution in [1.29, 1.82) is 0 Å². The Morgan fingerprint density at radius 3 is 2.60 bits per heavy atom. The van der Waals surface area contributed by atoms with E-state index in [-0.39, 0.29) is 6.09 Å². The Morgan fingerprint density at radius 1 is 1.17 bits per heavy atom. The molecule has 184 valence electrons. The summed E-state index contributed by atoms with van der Waals surface area (Å²) in [7, 11) is 0. The third-order valence-corrected chi connectivity index (χ3v) is 6.91. The molecule has 4 heterocycles. The molecule has 4 aromatic rings. The fourth-order valence-electron chi connectivity index (χ4n) is 5.25. The molecule has 0 aliphatic carbocycles. The van der Waals surface area contributed by atoms with Crippen LogP contribution in [0.4, 0.5) is 4.79 Å². The number of likely N-dealkylation sites (tertiary alicyclic amines) is 1. The lowest BCUT2D eigenvalue weighted by atomic mass is 9.88. The van der Waals surface area contributed by atoms with Crippen molar-refractivity contribution < 1.29 is 9.53 Å². The number of aryl methyl sites for hydroxylation is 3. The van der Waals surface area contributed by atoms with Gasteiger partial charge >= 0.3 is 6.09 Å². The Labute approximate surface area is 206 Å². The first-order valence-electron chi connectivity index (χ1n) is 12.6. The van der Waals surface area contributed by atoms with Crippen LogP contribution in [0.25, 0.3) is 27.8 Å². The highest BCUT2D eigenvalue weighted by atomic mass is 16.6. The van der Waals surface area contributed by atoms with Gasteiger partial charge in [-0.3, -0.25) is 0 Å². The normalized spacial score (nSPS) is 15.3. The molecule has 1 aromatic carbocycles. The Hall–Kier alpha value is -3.35. The van der Waals surface area contributed by atoms with Crippen molar-refractivity contribution in [3.63, 3.8) is 0 Å². The van der Waals surface area contributed by atoms with E-state index in [1.807, 2.05) is 37.1 Å². The average molecular weight is 474 g/mol. The van der Waals surface area contributed by atoms with Crippen LogP contribution in [-0.4, -0.2) is 49.3 Å². The summed E-state index contributed by atoms with van der Waals surface area (Å²) in [6.07, 6.45) is 4.70. The summed E-state index contributed by atoms with van der Waals surface area (Å²) >= 11 is 0. The number of fused-ring (bicyclic) bond motifs is 2. The zero-order chi connectivity index (χ0) is 24.9. The summed E-state index contributed by atoms with van der Waals surface area (Å²) < 4.78 is 7.44. The van der Waals surface area contributed by atoms with Gasteiger partial charge in [0.05, 0.1) is 5.69 Å². The van der Waals surface area contributed by atoms with E-state index in [1.165, 1.54) is 16.5 Å². The minimum Gasteiger partial charge on any atom is -0.444 e. The van der Waals surface area contributed by atoms with Crippen molar-refractivity contribution in [2.45, 2.75) is 72.3 Å². The maximum atomic E-state index is 12.4. The Bertz CT molecular complexity index is 1400. The molecule has 1 N–H and O–H groups in total. The molecule has 7 nitrogen and oxygen atoms in total. The Morgan fingerprint density at radius 2 is 1.91 bits per heavy atom. The number of carbonyl (C=O) groups excluding carboxylic acids is 1. The number of hydrogen-bond acceptors (Lipinski definition) is 4. The van der Waals surface area contributed by atoms with Crippen molar-refractivity contribution in [3.05, 3.63) is 53.0 Å². The van der Waals surface area contributed by atoms with E-state index in [1.54, 1.807) is 0 Å². The number of rotatable bonds is 3. The first-order valence-corrected chi connectivity index (χ1v) is 12.6. The average Bonchev–Trinajstić information content (AvgIpc) is 3.37. The number of pyridine rings is 1. The number of benzene rings is 1. The molecule has 0 atom stereocenters. The highest BCUT2D eigenvalue weighted by molar-refractivity contribution is 5.91. The van der Waals surface area contributed by atoms with Crippen LogP contribution in [0.1, 0.15) is 69.0 Å². The molecule has 1 aliphatic heterocycles. The van der Waals surface area contributed by atoms with Crippen LogP contribution in [0.2, 0.25) is 0 Å². The number of nitrogens with one attached hydrogen (secondary N) is 1. The van der Waals surface area contributed by atoms with E-state index in [2.05, 4.69) is 59.4 Å². The summed E-state index contributed by atoms with van der Waals surface area (Å²) in [6, 6.07) is 9.00. The zero-order valence-corrected chi connectivity index (χ0v) is 21.6. The summed E-state index contributed by atoms with van der Waals surface area (Å²) in [5.74, 6) is 1.22. The maximum absolute atomic E-state index is 12.4. The largest absolute Gasteiger partial charge is 0.444 e. The monoisotopic (exact) mass is 473 g/mol. The van der Waals surface area contributed by atoms with Crippen LogP contribution < -0.4 is 0 Å². The molecule has 35 heavy (non-hydrogen) atoms. The SMILES string of the molecule is CCc1c(-c2cc(C)c3nc(C)nn3c2)[nH]c2ccc(C3CCN(C(=O)OC(C)(C)C)CC3)cc12. The van der Waals surface area contributed by atoms with Crippen LogP contribution >= 0.6 is 0 Å². The lowest BCUT2D eigenvalue weighted by Crippen LogP contribution is -2.41. The van der Waals surface area contributed by atoms with E-state index in [0.717, 1.165) is 66.2 Å². The molecule has 5 rings (SSSR count). The van der Waals surface area contributed by atoms with Crippen molar-refractivity contribution in [2.75, 3.05) is 13.1 Å². The molecular weight excluding hydrogens is 438 g/mol. The molecule has 0 saturated carbocycles. The molecule has 3 aromatic heterocycles. The molecule has 1 amide bonds. The molecule has 0 unspecified atom stereocenters. The van der Waals surface area contributed by atoms with Gasteiger partial charge in [0.1, 0.15) is 11.4 Å². The van der Waals surface area contributed by atoms with Gasteiger partial charge in [-0.25, -0.2) is 14.3 Å². The number of H-pyrrole nitrogens is 1. The number of piperidine rings is 1. The number of aromatic amines is 1. The van der Waals surface area contributed by atoms with Gasteiger partial charge < -0.3 is 14.6 Å². The van der Waals surface area contributed by atoms with Gasteiger partial charge in [0.25, 0.3) is 0 Å². The summed E-state index contributed by atoms with van der Waals surface area (Å²) in [6.45, 7) is 13.4. The fourth-order valence-corrected chi connectivity index (χ4v) is 5.25. The van der Waals surface area contributed by atoms with Gasteiger partial charge in [-0.15, -0.1) is 0 Å². The van der Waals surface area contributed by atoms with Gasteiger partial charge in [-0.05, 0) is 94.7 Å². The molecular formula is C28H35N5O2. The first kappa shape index (κ1) is 23.4. The molecule has 1 saturated heterocycles. The van der Waals surface area contributed by atoms with Gasteiger partial charge in [0.2, 0.25) is 0 Å². The van der Waals surface area contributed by atoms with E-state index in [0.29, 0.717) is 5.92 Å². The maximum Gasteiger partial charge on any atom is 0.410 e. The van der Waals surface area contributed by atoms with Crippen molar-refractivity contribution >= 4 is 22.6 Å². The second-order valence-corrected chi connectivity index (χ2v) is 10.7. The lowest BCUT2D eigenvalue weighted by Gasteiger charge is -2.33. The zero-order valence-electron chi connectivity index (χ0n) is 21.6. The lowest BCUT2D eigenvalue weighted by molar-refractivity contribution is 0.0205. The minimum atomic E-state index is -0.461. The Kier molecular flexibility index (Phi) is 5.82. The molecule has 1 aliphatic rings. The number of ether oxygens (including phenoxy) is 1. The fraction of sp³-hybridized carbons (Fsp3) is 0.464. The van der Waals surface area contributed by atoms with Crippen LogP contribution in [0.5, 0.6) is 0 Å². The van der Waals surface area contributed by atoms with Crippen LogP contribution in [0.15, 0.2) is 30.5 Å². The highest BCUT2D eigenvalue weighted by Crippen LogP contribution is 2.36. The Balaban J connectivity index is 1.42. The molecule has 0 radical (unpaired) electrons. The quantitative estimate of drug-likeness (QED) is 0.386. The minimum absolute atomic E-state index is 0.204. The summed E-state index contributed by atoms with van der Waals surface area (Å²) in [5.41, 5.74) is 7.65. The highest BCUT2D eigenvalue weighted by Gasteiger charge is 2.28. The van der Waals surface area contributed by atoms with Gasteiger partial charge in [-0.2, -0.15) is 5.10 Å². The molecule has 0 bridgehead atoms. The van der Waals surface area contributed by atoms with Crippen molar-refractivity contribution in [1.82, 2.24) is 24.5 Å². The second kappa shape index (κ2) is 8.70. The third kappa shape index (κ3) is 4.51. The number of aromatic nitrogens is 4. The van der Waals surface area contributed by atoms with Crippen LogP contribution in [0.3, 0.4) is 0 Å². The molecule has 7 heteroatoms. The van der Waals surface area contributed by atoms with Gasteiger partial charge in [0, 0.05) is 35.8 Å². The summed E-state index contributed by atoms with van der Waals surface area (Å²) in [5, 5.41) is 5.82. The topological polar surface area (TPSA) is 75.5 Å². The molecule has 0 spiro atoms. The van der Waals surface area contributed by atoms with E-state index < -0.39 is 5.60 Å². The first-order chi connectivity index (χ1) is 16.6. The van der Waals surface area contributed by atoms with E-state index in [9.17, 15) is 4.79 Å². The van der Waals surface area contributed by atoms with Gasteiger partial charge in [-0.1, -0.05) is 13.0 Å². The number of hydrogen-bond donors (Lipinski definition) is 1. The number of carbonyl (C=O) groups is 1. The van der Waals surface area contributed by atoms with Crippen LogP contribution in [-0.2, 0) is 11.2 Å². The predicted octanol–water partition coefficient (Wildman–Crippen LogP) is 6.17. The van der Waals surface area contributed by atoms with Crippen LogP contribution in [0, 0.1) is 13.8 Å². The molecule has 1 fully saturated rings. The predicted molar refractivity (Wildman–Crippen MR) is 139 cm³/mol. The number of amides is 1. The smallest absolute Gasteiger partial charge is 0.410 e. The second-order valence-electron chi connectivity index (χ2n) is 10.7. The number of nitrogens with zero attached hydrogens (tertiary/aromatic N) is 4. The van der Waals surface area contributed by atoms with Gasteiger partial charge in [0.15, 0.2) is 5.65 Å². The van der Waals surface area contributed by atoms with Crippen molar-refractivity contribution in [3.8, 4) is 11.3 Å². The van der Waals surface area contributed by atoms with E-state index in [4.69, 9.17) is 4.74 Å². The standard InChI is InChI=1S/C28H35N5O2/c1-7-22-23-15-20(19-10-12-32(13-11-19)27(34)35-28(4,5)6)8-9-24(23)30-25(22)21-14-17(2)26-29-18(3)31-33(26)16-21/h8-9,14-16,19,30H,7,10-13H2,1-6H3. The van der Waals surface area contributed by atoms with E-state index >= 15 is 0 Å². The van der Waals surface area contributed by atoms with Crippen molar-refractivity contribution in [2.24, 2.45) is 0 Å².